The van der Waals surface area contributed by atoms with Crippen LogP contribution in [0.3, 0.4) is 0 Å². The molecule has 4 fully saturated rings. The van der Waals surface area contributed by atoms with E-state index in [0.29, 0.717) is 5.54 Å². The SMILES string of the molecule is CC.CC(C)CN1CCC2(CC1)CC2.CC(C)CN1CCOCC12CC2. The molecule has 154 valence electrons. The number of likely N-dealkylation sites (tertiary alicyclic amines) is 1. The van der Waals surface area contributed by atoms with Crippen molar-refractivity contribution >= 4 is 0 Å². The van der Waals surface area contributed by atoms with E-state index in [0.717, 1.165) is 37.0 Å². The third kappa shape index (κ3) is 6.49. The van der Waals surface area contributed by atoms with E-state index < -0.39 is 0 Å². The summed E-state index contributed by atoms with van der Waals surface area (Å²) in [6, 6.07) is 0. The highest BCUT2D eigenvalue weighted by Crippen LogP contribution is 2.53. The highest BCUT2D eigenvalue weighted by molar-refractivity contribution is 5.05. The monoisotopic (exact) mass is 366 g/mol. The summed E-state index contributed by atoms with van der Waals surface area (Å²) < 4.78 is 5.52. The molecule has 0 N–H and O–H groups in total. The Morgan fingerprint density at radius 3 is 1.81 bits per heavy atom. The number of piperidine rings is 1. The van der Waals surface area contributed by atoms with E-state index in [2.05, 4.69) is 37.5 Å². The van der Waals surface area contributed by atoms with Gasteiger partial charge in [0.2, 0.25) is 0 Å². The fraction of sp³-hybridized carbons (Fsp3) is 1.00. The molecular weight excluding hydrogens is 320 g/mol. The van der Waals surface area contributed by atoms with Gasteiger partial charge in [-0.05, 0) is 68.9 Å². The molecule has 2 saturated heterocycles. The maximum Gasteiger partial charge on any atom is 0.0651 e. The molecule has 0 bridgehead atoms. The van der Waals surface area contributed by atoms with Gasteiger partial charge in [-0.2, -0.15) is 0 Å². The quantitative estimate of drug-likeness (QED) is 0.692. The summed E-state index contributed by atoms with van der Waals surface area (Å²) in [5.41, 5.74) is 1.34. The topological polar surface area (TPSA) is 15.7 Å². The van der Waals surface area contributed by atoms with Crippen molar-refractivity contribution < 1.29 is 4.74 Å². The fourth-order valence-electron chi connectivity index (χ4n) is 4.50. The highest BCUT2D eigenvalue weighted by atomic mass is 16.5. The number of hydrogen-bond donors (Lipinski definition) is 0. The Kier molecular flexibility index (Phi) is 8.43. The number of nitrogens with zero attached hydrogens (tertiary/aromatic N) is 2. The maximum absolute atomic E-state index is 5.52. The van der Waals surface area contributed by atoms with E-state index in [1.54, 1.807) is 0 Å². The molecule has 2 saturated carbocycles. The van der Waals surface area contributed by atoms with Crippen molar-refractivity contribution in [3.8, 4) is 0 Å². The molecule has 0 atom stereocenters. The first-order valence-corrected chi connectivity index (χ1v) is 11.5. The maximum atomic E-state index is 5.52. The van der Waals surface area contributed by atoms with E-state index in [4.69, 9.17) is 4.74 Å². The first kappa shape index (κ1) is 22.2. The summed E-state index contributed by atoms with van der Waals surface area (Å²) in [5.74, 6) is 1.64. The summed E-state index contributed by atoms with van der Waals surface area (Å²) in [6.07, 6.45) is 8.75. The van der Waals surface area contributed by atoms with E-state index in [-0.39, 0.29) is 0 Å². The van der Waals surface area contributed by atoms with Gasteiger partial charge in [0.05, 0.1) is 13.2 Å². The molecule has 2 spiro atoms. The lowest BCUT2D eigenvalue weighted by molar-refractivity contribution is -0.0250. The molecule has 0 aromatic heterocycles. The summed E-state index contributed by atoms with van der Waals surface area (Å²) in [7, 11) is 0. The normalized spacial score (nSPS) is 26.3. The molecule has 26 heavy (non-hydrogen) atoms. The lowest BCUT2D eigenvalue weighted by Gasteiger charge is -2.37. The van der Waals surface area contributed by atoms with Crippen LogP contribution >= 0.6 is 0 Å². The molecule has 0 aromatic carbocycles. The second-order valence-corrected chi connectivity index (χ2v) is 9.81. The van der Waals surface area contributed by atoms with Gasteiger partial charge in [0.15, 0.2) is 0 Å². The minimum atomic E-state index is 0.489. The van der Waals surface area contributed by atoms with Gasteiger partial charge >= 0.3 is 0 Å². The Morgan fingerprint density at radius 1 is 0.769 bits per heavy atom. The molecule has 4 aliphatic rings. The number of ether oxygens (including phenoxy) is 1. The number of morpholine rings is 1. The summed E-state index contributed by atoms with van der Waals surface area (Å²) in [5, 5.41) is 0. The van der Waals surface area contributed by atoms with Gasteiger partial charge in [-0.3, -0.25) is 4.90 Å². The van der Waals surface area contributed by atoms with Crippen LogP contribution in [-0.4, -0.2) is 61.3 Å². The van der Waals surface area contributed by atoms with Crippen molar-refractivity contribution in [2.24, 2.45) is 17.3 Å². The van der Waals surface area contributed by atoms with Crippen molar-refractivity contribution in [1.82, 2.24) is 9.80 Å². The molecule has 0 amide bonds. The number of hydrogen-bond acceptors (Lipinski definition) is 3. The van der Waals surface area contributed by atoms with Gasteiger partial charge in [-0.25, -0.2) is 0 Å². The average molecular weight is 367 g/mol. The predicted molar refractivity (Wildman–Crippen MR) is 113 cm³/mol. The summed E-state index contributed by atoms with van der Waals surface area (Å²) in [6.45, 7) is 21.6. The van der Waals surface area contributed by atoms with Gasteiger partial charge in [0, 0.05) is 25.2 Å². The summed E-state index contributed by atoms with van der Waals surface area (Å²) >= 11 is 0. The molecular formula is C23H46N2O. The molecule has 0 unspecified atom stereocenters. The first-order chi connectivity index (χ1) is 12.4. The Bertz CT molecular complexity index is 389. The highest BCUT2D eigenvalue weighted by Gasteiger charge is 2.49. The van der Waals surface area contributed by atoms with Crippen molar-refractivity contribution in [1.29, 1.82) is 0 Å². The lowest BCUT2D eigenvalue weighted by Crippen LogP contribution is -2.48. The third-order valence-corrected chi connectivity index (χ3v) is 6.46. The van der Waals surface area contributed by atoms with Gasteiger partial charge < -0.3 is 9.64 Å². The van der Waals surface area contributed by atoms with Crippen LogP contribution in [0.2, 0.25) is 0 Å². The van der Waals surface area contributed by atoms with Crippen LogP contribution < -0.4 is 0 Å². The third-order valence-electron chi connectivity index (χ3n) is 6.46. The molecule has 2 aliphatic carbocycles. The fourth-order valence-corrected chi connectivity index (χ4v) is 4.50. The second-order valence-electron chi connectivity index (χ2n) is 9.81. The van der Waals surface area contributed by atoms with Crippen LogP contribution in [0.1, 0.15) is 80.1 Å². The predicted octanol–water partition coefficient (Wildman–Crippen LogP) is 5.05. The largest absolute Gasteiger partial charge is 0.378 e. The average Bonchev–Trinajstić information content (AvgIpc) is 3.53. The van der Waals surface area contributed by atoms with Crippen molar-refractivity contribution in [2.75, 3.05) is 45.9 Å². The Labute approximate surface area is 163 Å². The molecule has 2 heterocycles. The van der Waals surface area contributed by atoms with E-state index in [1.165, 1.54) is 64.7 Å². The zero-order valence-corrected chi connectivity index (χ0v) is 18.6. The minimum absolute atomic E-state index is 0.489. The Balaban J connectivity index is 0.000000171. The van der Waals surface area contributed by atoms with E-state index in [1.807, 2.05) is 13.8 Å². The van der Waals surface area contributed by atoms with E-state index >= 15 is 0 Å². The molecule has 0 aromatic rings. The zero-order valence-electron chi connectivity index (χ0n) is 18.6. The smallest absolute Gasteiger partial charge is 0.0651 e. The number of rotatable bonds is 4. The van der Waals surface area contributed by atoms with Gasteiger partial charge in [0.1, 0.15) is 0 Å². The zero-order chi connectivity index (χ0) is 19.2. The Morgan fingerprint density at radius 2 is 1.35 bits per heavy atom. The van der Waals surface area contributed by atoms with Crippen LogP contribution in [0.5, 0.6) is 0 Å². The van der Waals surface area contributed by atoms with Gasteiger partial charge in [-0.15, -0.1) is 0 Å². The Hall–Kier alpha value is -0.120. The second kappa shape index (κ2) is 9.89. The molecule has 0 radical (unpaired) electrons. The van der Waals surface area contributed by atoms with Crippen LogP contribution in [0.25, 0.3) is 0 Å². The summed E-state index contributed by atoms with van der Waals surface area (Å²) in [4.78, 5) is 5.29. The first-order valence-electron chi connectivity index (χ1n) is 11.5. The van der Waals surface area contributed by atoms with Crippen LogP contribution in [0, 0.1) is 17.3 Å². The van der Waals surface area contributed by atoms with Gasteiger partial charge in [-0.1, -0.05) is 41.5 Å². The molecule has 2 aliphatic heterocycles. The minimum Gasteiger partial charge on any atom is -0.378 e. The van der Waals surface area contributed by atoms with Crippen LogP contribution in [0.4, 0.5) is 0 Å². The van der Waals surface area contributed by atoms with Crippen molar-refractivity contribution in [3.05, 3.63) is 0 Å². The molecule has 3 heteroatoms. The molecule has 3 nitrogen and oxygen atoms in total. The molecule has 4 rings (SSSR count). The van der Waals surface area contributed by atoms with Crippen LogP contribution in [0.15, 0.2) is 0 Å². The van der Waals surface area contributed by atoms with Gasteiger partial charge in [0.25, 0.3) is 0 Å². The lowest BCUT2D eigenvalue weighted by atomic mass is 9.93. The van der Waals surface area contributed by atoms with Crippen molar-refractivity contribution in [2.45, 2.75) is 85.6 Å². The van der Waals surface area contributed by atoms with Crippen molar-refractivity contribution in [3.63, 3.8) is 0 Å². The standard InChI is InChI=1S/C11H21N.C10H19NO.C2H6/c1-10(2)9-12-7-5-11(3-4-11)6-8-12;1-9(2)7-11-5-6-12-8-10(11)3-4-10;1-2/h10H,3-9H2,1-2H3;9H,3-8H2,1-2H3;1-2H3. The van der Waals surface area contributed by atoms with E-state index in [9.17, 15) is 0 Å². The van der Waals surface area contributed by atoms with Crippen LogP contribution in [-0.2, 0) is 4.74 Å².